The van der Waals surface area contributed by atoms with Crippen LogP contribution in [0.15, 0.2) is 0 Å². The average Bonchev–Trinajstić information content (AvgIpc) is 2.17. The maximum Gasteiger partial charge on any atom is 0.187 e. The summed E-state index contributed by atoms with van der Waals surface area (Å²) in [6.45, 7) is 4.87. The minimum absolute atomic E-state index is 0.449. The van der Waals surface area contributed by atoms with E-state index < -0.39 is 42.9 Å². The lowest BCUT2D eigenvalue weighted by Gasteiger charge is -2.41. The molecule has 0 bridgehead atoms. The molecule has 0 aliphatic carbocycles. The molecule has 0 amide bonds. The fourth-order valence-corrected chi connectivity index (χ4v) is 1.51. The van der Waals surface area contributed by atoms with Crippen LogP contribution in [-0.2, 0) is 9.47 Å². The van der Waals surface area contributed by atoms with Gasteiger partial charge in [-0.1, -0.05) is 0 Å². The highest BCUT2D eigenvalue weighted by molar-refractivity contribution is 4.89. The SMILES string of the molecule is CC(C)(C)O[C@H]1OC(CO)[C@H](O)C(O)[C@@H]1O. The van der Waals surface area contributed by atoms with Crippen LogP contribution >= 0.6 is 0 Å². The van der Waals surface area contributed by atoms with E-state index in [0.717, 1.165) is 0 Å². The summed E-state index contributed by atoms with van der Waals surface area (Å²) in [7, 11) is 0. The molecule has 1 fully saturated rings. The van der Waals surface area contributed by atoms with Gasteiger partial charge in [0.1, 0.15) is 24.4 Å². The first-order valence-electron chi connectivity index (χ1n) is 5.24. The number of rotatable bonds is 2. The molecule has 0 saturated carbocycles. The van der Waals surface area contributed by atoms with E-state index in [9.17, 15) is 15.3 Å². The topological polar surface area (TPSA) is 99.4 Å². The average molecular weight is 236 g/mol. The van der Waals surface area contributed by atoms with Gasteiger partial charge in [-0.3, -0.25) is 0 Å². The number of aliphatic hydroxyl groups is 4. The van der Waals surface area contributed by atoms with Crippen LogP contribution in [0, 0.1) is 0 Å². The van der Waals surface area contributed by atoms with Gasteiger partial charge in [0.2, 0.25) is 0 Å². The van der Waals surface area contributed by atoms with Crippen molar-refractivity contribution in [3.8, 4) is 0 Å². The Labute approximate surface area is 94.4 Å². The predicted octanol–water partition coefficient (Wildman–Crippen LogP) is -1.40. The van der Waals surface area contributed by atoms with Crippen molar-refractivity contribution in [3.05, 3.63) is 0 Å². The summed E-state index contributed by atoms with van der Waals surface area (Å²) in [6.07, 6.45) is -6.06. The molecule has 1 aliphatic heterocycles. The molecule has 0 aromatic carbocycles. The van der Waals surface area contributed by atoms with Crippen LogP contribution in [0.2, 0.25) is 0 Å². The third-order valence-electron chi connectivity index (χ3n) is 2.32. The van der Waals surface area contributed by atoms with Crippen LogP contribution in [0.3, 0.4) is 0 Å². The van der Waals surface area contributed by atoms with Crippen molar-refractivity contribution in [1.29, 1.82) is 0 Å². The van der Waals surface area contributed by atoms with Crippen LogP contribution < -0.4 is 0 Å². The van der Waals surface area contributed by atoms with Gasteiger partial charge >= 0.3 is 0 Å². The van der Waals surface area contributed by atoms with Gasteiger partial charge in [0, 0.05) is 0 Å². The summed E-state index contributed by atoms with van der Waals surface area (Å²) in [6, 6.07) is 0. The first-order chi connectivity index (χ1) is 7.26. The highest BCUT2D eigenvalue weighted by Crippen LogP contribution is 2.25. The van der Waals surface area contributed by atoms with Crippen molar-refractivity contribution in [1.82, 2.24) is 0 Å². The third-order valence-corrected chi connectivity index (χ3v) is 2.32. The summed E-state index contributed by atoms with van der Waals surface area (Å²) in [4.78, 5) is 0. The van der Waals surface area contributed by atoms with Crippen LogP contribution in [0.1, 0.15) is 20.8 Å². The summed E-state index contributed by atoms with van der Waals surface area (Å²) in [5.74, 6) is 0. The smallest absolute Gasteiger partial charge is 0.187 e. The molecule has 1 rings (SSSR count). The van der Waals surface area contributed by atoms with Crippen LogP contribution in [0.5, 0.6) is 0 Å². The van der Waals surface area contributed by atoms with E-state index in [4.69, 9.17) is 14.6 Å². The fourth-order valence-electron chi connectivity index (χ4n) is 1.51. The lowest BCUT2D eigenvalue weighted by atomic mass is 9.99. The van der Waals surface area contributed by atoms with Gasteiger partial charge in [-0.15, -0.1) is 0 Å². The highest BCUT2D eigenvalue weighted by Gasteiger charge is 2.45. The van der Waals surface area contributed by atoms with Crippen LogP contribution in [0.4, 0.5) is 0 Å². The molecular weight excluding hydrogens is 216 g/mol. The van der Waals surface area contributed by atoms with Crippen molar-refractivity contribution >= 4 is 0 Å². The standard InChI is InChI=1S/C10H20O6/c1-10(2,3)16-9-8(14)7(13)6(12)5(4-11)15-9/h5-9,11-14H,4H2,1-3H3/t5?,6-,7?,8-,9+/m0/s1. The van der Waals surface area contributed by atoms with E-state index in [-0.39, 0.29) is 0 Å². The molecule has 96 valence electrons. The summed E-state index contributed by atoms with van der Waals surface area (Å²) in [5.41, 5.74) is -0.562. The van der Waals surface area contributed by atoms with E-state index in [1.165, 1.54) is 0 Å². The van der Waals surface area contributed by atoms with Crippen molar-refractivity contribution in [2.75, 3.05) is 6.61 Å². The molecule has 0 spiro atoms. The largest absolute Gasteiger partial charge is 0.394 e. The highest BCUT2D eigenvalue weighted by atomic mass is 16.7. The Morgan fingerprint density at radius 1 is 1.06 bits per heavy atom. The molecule has 0 aromatic heterocycles. The maximum atomic E-state index is 9.64. The molecule has 6 nitrogen and oxygen atoms in total. The fraction of sp³-hybridized carbons (Fsp3) is 1.00. The van der Waals surface area contributed by atoms with Crippen molar-refractivity contribution in [2.45, 2.75) is 57.1 Å². The zero-order chi connectivity index (χ0) is 12.5. The van der Waals surface area contributed by atoms with Crippen molar-refractivity contribution in [2.24, 2.45) is 0 Å². The Morgan fingerprint density at radius 3 is 2.06 bits per heavy atom. The van der Waals surface area contributed by atoms with Gasteiger partial charge in [-0.25, -0.2) is 0 Å². The maximum absolute atomic E-state index is 9.64. The van der Waals surface area contributed by atoms with Gasteiger partial charge in [-0.05, 0) is 20.8 Å². The van der Waals surface area contributed by atoms with E-state index in [0.29, 0.717) is 0 Å². The molecule has 1 aliphatic rings. The summed E-state index contributed by atoms with van der Waals surface area (Å²) in [5, 5.41) is 37.6. The van der Waals surface area contributed by atoms with E-state index in [2.05, 4.69) is 0 Å². The molecule has 0 radical (unpaired) electrons. The molecule has 4 N–H and O–H groups in total. The zero-order valence-corrected chi connectivity index (χ0v) is 9.70. The Bertz CT molecular complexity index is 224. The van der Waals surface area contributed by atoms with Crippen LogP contribution in [0.25, 0.3) is 0 Å². The minimum Gasteiger partial charge on any atom is -0.394 e. The lowest BCUT2D eigenvalue weighted by Crippen LogP contribution is -2.60. The number of ether oxygens (including phenoxy) is 2. The molecule has 6 heteroatoms. The quantitative estimate of drug-likeness (QED) is 0.471. The molecule has 1 saturated heterocycles. The second kappa shape index (κ2) is 4.95. The number of hydrogen-bond donors (Lipinski definition) is 4. The predicted molar refractivity (Wildman–Crippen MR) is 54.6 cm³/mol. The van der Waals surface area contributed by atoms with Gasteiger partial charge in [0.15, 0.2) is 6.29 Å². The first-order valence-corrected chi connectivity index (χ1v) is 5.24. The molecule has 2 unspecified atom stereocenters. The van der Waals surface area contributed by atoms with Gasteiger partial charge in [0.25, 0.3) is 0 Å². The second-order valence-electron chi connectivity index (χ2n) is 4.93. The second-order valence-corrected chi connectivity index (χ2v) is 4.93. The van der Waals surface area contributed by atoms with Gasteiger partial charge in [-0.2, -0.15) is 0 Å². The Hall–Kier alpha value is -0.240. The molecule has 5 atom stereocenters. The summed E-state index contributed by atoms with van der Waals surface area (Å²) < 4.78 is 10.6. The van der Waals surface area contributed by atoms with Crippen LogP contribution in [-0.4, -0.2) is 63.3 Å². The molecular formula is C10H20O6. The lowest BCUT2D eigenvalue weighted by molar-refractivity contribution is -0.320. The van der Waals surface area contributed by atoms with E-state index in [1.807, 2.05) is 0 Å². The summed E-state index contributed by atoms with van der Waals surface area (Å²) >= 11 is 0. The van der Waals surface area contributed by atoms with E-state index in [1.54, 1.807) is 20.8 Å². The number of aliphatic hydroxyl groups excluding tert-OH is 4. The Morgan fingerprint density at radius 2 is 1.62 bits per heavy atom. The van der Waals surface area contributed by atoms with Gasteiger partial charge in [0.05, 0.1) is 12.2 Å². The Balaban J connectivity index is 2.71. The molecule has 1 heterocycles. The molecule has 0 aromatic rings. The van der Waals surface area contributed by atoms with Crippen molar-refractivity contribution in [3.63, 3.8) is 0 Å². The zero-order valence-electron chi connectivity index (χ0n) is 9.70. The first kappa shape index (κ1) is 13.8. The number of hydrogen-bond acceptors (Lipinski definition) is 6. The third kappa shape index (κ3) is 3.13. The monoisotopic (exact) mass is 236 g/mol. The van der Waals surface area contributed by atoms with Gasteiger partial charge < -0.3 is 29.9 Å². The minimum atomic E-state index is -1.39. The Kier molecular flexibility index (Phi) is 4.28. The molecule has 16 heavy (non-hydrogen) atoms. The van der Waals surface area contributed by atoms with E-state index >= 15 is 0 Å². The normalized spacial score (nSPS) is 41.1. The van der Waals surface area contributed by atoms with Crippen molar-refractivity contribution < 1.29 is 29.9 Å².